The molecule has 0 aromatic heterocycles. The minimum absolute atomic E-state index is 0.139. The van der Waals surface area contributed by atoms with Crippen molar-refractivity contribution >= 4 is 11.6 Å². The first-order valence-corrected chi connectivity index (χ1v) is 10.4. The van der Waals surface area contributed by atoms with Crippen molar-refractivity contribution in [2.24, 2.45) is 5.92 Å². The zero-order chi connectivity index (χ0) is 18.5. The number of piperidine rings is 1. The molecule has 3 heteroatoms. The van der Waals surface area contributed by atoms with Gasteiger partial charge >= 0.3 is 0 Å². The van der Waals surface area contributed by atoms with Crippen LogP contribution in [0.15, 0.2) is 54.6 Å². The predicted molar refractivity (Wildman–Crippen MR) is 111 cm³/mol. The zero-order valence-electron chi connectivity index (χ0n) is 16.1. The maximum Gasteiger partial charge on any atom is 0.224 e. The Labute approximate surface area is 162 Å². The van der Waals surface area contributed by atoms with E-state index in [9.17, 15) is 4.79 Å². The van der Waals surface area contributed by atoms with E-state index in [4.69, 9.17) is 0 Å². The van der Waals surface area contributed by atoms with Gasteiger partial charge in [-0.2, -0.15) is 0 Å². The molecule has 1 aliphatic heterocycles. The van der Waals surface area contributed by atoms with Crippen LogP contribution in [0.4, 0.5) is 5.69 Å². The number of hydrogen-bond donors (Lipinski definition) is 1. The molecular formula is C24H30N2O. The van der Waals surface area contributed by atoms with E-state index in [1.165, 1.54) is 45.2 Å². The van der Waals surface area contributed by atoms with Gasteiger partial charge in [-0.05, 0) is 74.2 Å². The molecule has 0 bridgehead atoms. The molecule has 1 aliphatic carbocycles. The highest BCUT2D eigenvalue weighted by Gasteiger charge is 2.30. The van der Waals surface area contributed by atoms with Crippen LogP contribution >= 0.6 is 0 Å². The van der Waals surface area contributed by atoms with Crippen LogP contribution in [0, 0.1) is 5.92 Å². The molecule has 2 aliphatic rings. The van der Waals surface area contributed by atoms with Crippen LogP contribution in [0.1, 0.15) is 43.2 Å². The first-order chi connectivity index (χ1) is 13.3. The molecule has 2 aromatic rings. The van der Waals surface area contributed by atoms with E-state index in [0.717, 1.165) is 18.0 Å². The Bertz CT molecular complexity index is 733. The lowest BCUT2D eigenvalue weighted by atomic mass is 9.91. The number of benzene rings is 2. The normalized spacial score (nSPS) is 20.4. The van der Waals surface area contributed by atoms with Crippen LogP contribution in [0.25, 0.3) is 0 Å². The molecule has 1 saturated heterocycles. The second-order valence-electron chi connectivity index (χ2n) is 8.14. The van der Waals surface area contributed by atoms with E-state index in [0.29, 0.717) is 12.5 Å². The van der Waals surface area contributed by atoms with E-state index >= 15 is 0 Å². The van der Waals surface area contributed by atoms with E-state index < -0.39 is 0 Å². The summed E-state index contributed by atoms with van der Waals surface area (Å²) in [5.74, 6) is 0.882. The number of carbonyl (C=O) groups excluding carboxylic acids is 1. The minimum atomic E-state index is 0.139. The summed E-state index contributed by atoms with van der Waals surface area (Å²) >= 11 is 0. The number of fused-ring (bicyclic) bond motifs is 1. The van der Waals surface area contributed by atoms with Crippen LogP contribution in [-0.2, 0) is 17.6 Å². The first-order valence-electron chi connectivity index (χ1n) is 10.4. The van der Waals surface area contributed by atoms with Gasteiger partial charge in [0, 0.05) is 24.7 Å². The largest absolute Gasteiger partial charge is 0.326 e. The van der Waals surface area contributed by atoms with Gasteiger partial charge in [0.2, 0.25) is 5.91 Å². The molecule has 2 aromatic carbocycles. The number of anilines is 1. The van der Waals surface area contributed by atoms with Crippen molar-refractivity contribution in [3.8, 4) is 0 Å². The Morgan fingerprint density at radius 2 is 1.70 bits per heavy atom. The van der Waals surface area contributed by atoms with Crippen molar-refractivity contribution in [1.29, 1.82) is 0 Å². The van der Waals surface area contributed by atoms with Crippen LogP contribution < -0.4 is 5.32 Å². The van der Waals surface area contributed by atoms with E-state index in [1.807, 2.05) is 30.3 Å². The third-order valence-corrected chi connectivity index (χ3v) is 6.17. The number of nitrogens with one attached hydrogen (secondary N) is 1. The van der Waals surface area contributed by atoms with Gasteiger partial charge in [-0.25, -0.2) is 0 Å². The molecule has 1 heterocycles. The standard InChI is InChI=1S/C24H30N2O/c27-24(25-22-12-2-1-3-13-22)14-6-8-19-9-7-15-26(18-19)23-16-20-10-4-5-11-21(20)17-23/h1-5,10-13,19,23H,6-9,14-18H2,(H,25,27). The molecule has 142 valence electrons. The van der Waals surface area contributed by atoms with Crippen LogP contribution in [0.2, 0.25) is 0 Å². The van der Waals surface area contributed by atoms with Gasteiger partial charge in [0.05, 0.1) is 0 Å². The summed E-state index contributed by atoms with van der Waals surface area (Å²) in [7, 11) is 0. The molecular weight excluding hydrogens is 332 g/mol. The second-order valence-corrected chi connectivity index (χ2v) is 8.14. The van der Waals surface area contributed by atoms with Crippen molar-refractivity contribution < 1.29 is 4.79 Å². The topological polar surface area (TPSA) is 32.3 Å². The predicted octanol–water partition coefficient (Wildman–Crippen LogP) is 4.67. The highest BCUT2D eigenvalue weighted by atomic mass is 16.1. The Morgan fingerprint density at radius 1 is 1.00 bits per heavy atom. The lowest BCUT2D eigenvalue weighted by Crippen LogP contribution is -2.43. The maximum absolute atomic E-state index is 12.1. The highest BCUT2D eigenvalue weighted by Crippen LogP contribution is 2.30. The average Bonchev–Trinajstić information content (AvgIpc) is 3.13. The van der Waals surface area contributed by atoms with Crippen LogP contribution in [0.3, 0.4) is 0 Å². The Kier molecular flexibility index (Phi) is 5.88. The van der Waals surface area contributed by atoms with Gasteiger partial charge in [-0.3, -0.25) is 9.69 Å². The molecule has 27 heavy (non-hydrogen) atoms. The second kappa shape index (κ2) is 8.71. The molecule has 1 unspecified atom stereocenters. The number of carbonyl (C=O) groups is 1. The Morgan fingerprint density at radius 3 is 2.44 bits per heavy atom. The van der Waals surface area contributed by atoms with Gasteiger partial charge in [0.15, 0.2) is 0 Å². The molecule has 0 saturated carbocycles. The zero-order valence-corrected chi connectivity index (χ0v) is 16.1. The molecule has 0 radical (unpaired) electrons. The summed E-state index contributed by atoms with van der Waals surface area (Å²) in [4.78, 5) is 14.9. The fraction of sp³-hybridized carbons (Fsp3) is 0.458. The third kappa shape index (κ3) is 4.78. The van der Waals surface area contributed by atoms with Gasteiger partial charge in [-0.1, -0.05) is 42.5 Å². The number of nitrogens with zero attached hydrogens (tertiary/aromatic N) is 1. The van der Waals surface area contributed by atoms with Crippen molar-refractivity contribution in [1.82, 2.24) is 4.90 Å². The van der Waals surface area contributed by atoms with Gasteiger partial charge in [0.25, 0.3) is 0 Å². The number of para-hydroxylation sites is 1. The lowest BCUT2D eigenvalue weighted by Gasteiger charge is -2.37. The third-order valence-electron chi connectivity index (χ3n) is 6.17. The van der Waals surface area contributed by atoms with Crippen LogP contribution in [-0.4, -0.2) is 29.9 Å². The van der Waals surface area contributed by atoms with E-state index in [2.05, 4.69) is 34.5 Å². The number of hydrogen-bond acceptors (Lipinski definition) is 2. The number of amides is 1. The fourth-order valence-corrected chi connectivity index (χ4v) is 4.75. The molecule has 3 nitrogen and oxygen atoms in total. The molecule has 4 rings (SSSR count). The maximum atomic E-state index is 12.1. The molecule has 1 amide bonds. The van der Waals surface area contributed by atoms with E-state index in [1.54, 1.807) is 11.1 Å². The van der Waals surface area contributed by atoms with Gasteiger partial charge in [0.1, 0.15) is 0 Å². The van der Waals surface area contributed by atoms with Crippen LogP contribution in [0.5, 0.6) is 0 Å². The smallest absolute Gasteiger partial charge is 0.224 e. The van der Waals surface area contributed by atoms with Gasteiger partial charge in [-0.15, -0.1) is 0 Å². The van der Waals surface area contributed by atoms with Crippen molar-refractivity contribution in [3.63, 3.8) is 0 Å². The SMILES string of the molecule is O=C(CCCC1CCCN(C2Cc3ccccc3C2)C1)Nc1ccccc1. The van der Waals surface area contributed by atoms with Crippen molar-refractivity contribution in [3.05, 3.63) is 65.7 Å². The lowest BCUT2D eigenvalue weighted by molar-refractivity contribution is -0.116. The molecule has 0 spiro atoms. The molecule has 1 atom stereocenters. The summed E-state index contributed by atoms with van der Waals surface area (Å²) in [5.41, 5.74) is 3.98. The average molecular weight is 363 g/mol. The summed E-state index contributed by atoms with van der Waals surface area (Å²) in [6.07, 6.45) is 7.82. The number of rotatable bonds is 6. The molecule has 1 fully saturated rings. The van der Waals surface area contributed by atoms with Crippen molar-refractivity contribution in [2.75, 3.05) is 18.4 Å². The summed E-state index contributed by atoms with van der Waals surface area (Å²) in [6.45, 7) is 2.45. The minimum Gasteiger partial charge on any atom is -0.326 e. The molecule has 1 N–H and O–H groups in total. The summed E-state index contributed by atoms with van der Waals surface area (Å²) in [6, 6.07) is 19.4. The number of likely N-dealkylation sites (tertiary alicyclic amines) is 1. The summed E-state index contributed by atoms with van der Waals surface area (Å²) < 4.78 is 0. The monoisotopic (exact) mass is 362 g/mol. The first kappa shape index (κ1) is 18.2. The Hall–Kier alpha value is -2.13. The van der Waals surface area contributed by atoms with E-state index in [-0.39, 0.29) is 5.91 Å². The summed E-state index contributed by atoms with van der Waals surface area (Å²) in [5, 5.41) is 2.99. The fourth-order valence-electron chi connectivity index (χ4n) is 4.75. The van der Waals surface area contributed by atoms with Gasteiger partial charge < -0.3 is 5.32 Å². The quantitative estimate of drug-likeness (QED) is 0.809. The Balaban J connectivity index is 1.21. The highest BCUT2D eigenvalue weighted by molar-refractivity contribution is 5.90. The van der Waals surface area contributed by atoms with Crippen molar-refractivity contribution in [2.45, 2.75) is 51.0 Å².